The fourth-order valence-corrected chi connectivity index (χ4v) is 6.49. The summed E-state index contributed by atoms with van der Waals surface area (Å²) in [7, 11) is 0. The normalized spacial score (nSPS) is 26.6. The molecule has 2 aliphatic carbocycles. The van der Waals surface area contributed by atoms with Gasteiger partial charge in [-0.2, -0.15) is 0 Å². The molecule has 3 aliphatic rings. The van der Waals surface area contributed by atoms with Crippen LogP contribution in [0.4, 0.5) is 8.78 Å². The average molecular weight is 552 g/mol. The third-order valence-corrected chi connectivity index (χ3v) is 8.72. The Kier molecular flexibility index (Phi) is 8.29. The van der Waals surface area contributed by atoms with Gasteiger partial charge in [0.25, 0.3) is 5.91 Å². The second kappa shape index (κ2) is 11.7. The van der Waals surface area contributed by atoms with Crippen LogP contribution >= 0.6 is 0 Å². The van der Waals surface area contributed by atoms with Crippen molar-refractivity contribution in [2.24, 2.45) is 11.3 Å². The van der Waals surface area contributed by atoms with Crippen molar-refractivity contribution in [2.75, 3.05) is 13.2 Å². The van der Waals surface area contributed by atoms with Crippen molar-refractivity contribution >= 4 is 11.9 Å². The number of alkyl halides is 1. The lowest BCUT2D eigenvalue weighted by atomic mass is 9.67. The van der Waals surface area contributed by atoms with Crippen LogP contribution in [0.3, 0.4) is 0 Å². The molecular formula is C33H39F2NO4. The van der Waals surface area contributed by atoms with Gasteiger partial charge < -0.3 is 14.4 Å². The van der Waals surface area contributed by atoms with Crippen LogP contribution < -0.4 is 4.74 Å². The Balaban J connectivity index is 1.33. The molecule has 2 aromatic rings. The zero-order chi connectivity index (χ0) is 28.4. The van der Waals surface area contributed by atoms with Gasteiger partial charge in [0.05, 0.1) is 12.2 Å². The minimum Gasteiger partial charge on any atom is -0.493 e. The lowest BCUT2D eigenvalue weighted by Crippen LogP contribution is -2.45. The number of nitrogens with zero attached hydrogens (tertiary/aromatic N) is 1. The molecule has 1 saturated heterocycles. The molecule has 5 rings (SSSR count). The van der Waals surface area contributed by atoms with Crippen molar-refractivity contribution in [1.29, 1.82) is 0 Å². The number of hydrogen-bond acceptors (Lipinski definition) is 4. The minimum absolute atomic E-state index is 0.00203. The Morgan fingerprint density at radius 2 is 1.90 bits per heavy atom. The molecule has 1 heterocycles. The molecule has 0 bridgehead atoms. The number of esters is 1. The number of carbonyl (C=O) groups excluding carboxylic acids is 2. The summed E-state index contributed by atoms with van der Waals surface area (Å²) in [5.74, 6) is -1.06. The number of benzene rings is 2. The predicted octanol–water partition coefficient (Wildman–Crippen LogP) is 7.15. The largest absolute Gasteiger partial charge is 0.493 e. The molecule has 3 fully saturated rings. The Labute approximate surface area is 235 Å². The summed E-state index contributed by atoms with van der Waals surface area (Å²) in [5, 5.41) is 0. The Bertz CT molecular complexity index is 1260. The van der Waals surface area contributed by atoms with Gasteiger partial charge >= 0.3 is 5.97 Å². The van der Waals surface area contributed by atoms with Crippen LogP contribution in [0.25, 0.3) is 0 Å². The van der Waals surface area contributed by atoms with E-state index >= 15 is 4.39 Å². The maximum atomic E-state index is 15.5. The molecule has 7 heteroatoms. The van der Waals surface area contributed by atoms with E-state index in [0.29, 0.717) is 18.3 Å². The zero-order valence-corrected chi connectivity index (χ0v) is 23.5. The summed E-state index contributed by atoms with van der Waals surface area (Å²) >= 11 is 0. The first-order valence-corrected chi connectivity index (χ1v) is 14.5. The highest BCUT2D eigenvalue weighted by molar-refractivity contribution is 5.98. The Hall–Kier alpha value is -3.22. The van der Waals surface area contributed by atoms with Crippen LogP contribution in [-0.2, 0) is 16.1 Å². The minimum atomic E-state index is -1.57. The summed E-state index contributed by atoms with van der Waals surface area (Å²) in [5.41, 5.74) is 2.59. The van der Waals surface area contributed by atoms with Crippen molar-refractivity contribution in [3.63, 3.8) is 0 Å². The molecule has 2 unspecified atom stereocenters. The van der Waals surface area contributed by atoms with E-state index < -0.39 is 29.9 Å². The smallest absolute Gasteiger partial charge is 0.332 e. The number of rotatable bonds is 9. The third-order valence-electron chi connectivity index (χ3n) is 8.72. The van der Waals surface area contributed by atoms with E-state index in [2.05, 4.69) is 20.4 Å². The molecule has 2 saturated carbocycles. The summed E-state index contributed by atoms with van der Waals surface area (Å²) in [6.07, 6.45) is 4.19. The van der Waals surface area contributed by atoms with Gasteiger partial charge in [-0.3, -0.25) is 4.79 Å². The number of likely N-dealkylation sites (tertiary alicyclic amines) is 1. The molecule has 40 heavy (non-hydrogen) atoms. The highest BCUT2D eigenvalue weighted by Crippen LogP contribution is 2.48. The first-order valence-electron chi connectivity index (χ1n) is 14.5. The maximum absolute atomic E-state index is 15.5. The van der Waals surface area contributed by atoms with Crippen LogP contribution in [0.1, 0.15) is 86.2 Å². The molecule has 0 aromatic heterocycles. The van der Waals surface area contributed by atoms with E-state index in [4.69, 9.17) is 9.47 Å². The van der Waals surface area contributed by atoms with Crippen molar-refractivity contribution in [3.05, 3.63) is 77.1 Å². The number of carbonyl (C=O) groups is 2. The molecule has 1 aliphatic heterocycles. The molecule has 0 N–H and O–H groups in total. The molecule has 5 nitrogen and oxygen atoms in total. The summed E-state index contributed by atoms with van der Waals surface area (Å²) in [6, 6.07) is 10.5. The Morgan fingerprint density at radius 3 is 2.58 bits per heavy atom. The summed E-state index contributed by atoms with van der Waals surface area (Å²) in [4.78, 5) is 27.5. The SMILES string of the molecule is C=C1CC(C)CC(CC)(COc2cc(F)c(C(=O)N3CC[C@@H](F)[C@H]3C(=O)OCc3ccccc3)cc2C2CC2)C1. The number of allylic oxidation sites excluding steroid dienone is 1. The molecule has 4 atom stereocenters. The lowest BCUT2D eigenvalue weighted by molar-refractivity contribution is -0.151. The highest BCUT2D eigenvalue weighted by Gasteiger charge is 2.45. The first kappa shape index (κ1) is 28.3. The van der Waals surface area contributed by atoms with Gasteiger partial charge in [-0.15, -0.1) is 0 Å². The third kappa shape index (κ3) is 6.08. The van der Waals surface area contributed by atoms with E-state index in [1.54, 1.807) is 18.2 Å². The van der Waals surface area contributed by atoms with Crippen molar-refractivity contribution in [2.45, 2.75) is 83.5 Å². The fourth-order valence-electron chi connectivity index (χ4n) is 6.49. The number of amides is 1. The molecule has 0 radical (unpaired) electrons. The van der Waals surface area contributed by atoms with Gasteiger partial charge in [-0.25, -0.2) is 13.6 Å². The molecule has 2 aromatic carbocycles. The van der Waals surface area contributed by atoms with Gasteiger partial charge in [-0.05, 0) is 74.0 Å². The van der Waals surface area contributed by atoms with Crippen LogP contribution in [0, 0.1) is 17.2 Å². The average Bonchev–Trinajstić information content (AvgIpc) is 3.71. The van der Waals surface area contributed by atoms with E-state index in [0.717, 1.165) is 54.6 Å². The first-order chi connectivity index (χ1) is 19.2. The van der Waals surface area contributed by atoms with Gasteiger partial charge in [0, 0.05) is 18.0 Å². The monoisotopic (exact) mass is 551 g/mol. The number of ether oxygens (including phenoxy) is 2. The second-order valence-electron chi connectivity index (χ2n) is 12.1. The van der Waals surface area contributed by atoms with E-state index in [1.807, 2.05) is 18.2 Å². The van der Waals surface area contributed by atoms with E-state index in [-0.39, 0.29) is 36.5 Å². The Morgan fingerprint density at radius 1 is 1.15 bits per heavy atom. The topological polar surface area (TPSA) is 55.8 Å². The summed E-state index contributed by atoms with van der Waals surface area (Å²) in [6.45, 7) is 9.08. The van der Waals surface area contributed by atoms with Crippen molar-refractivity contribution < 1.29 is 27.8 Å². The molecule has 1 amide bonds. The van der Waals surface area contributed by atoms with E-state index in [9.17, 15) is 14.0 Å². The molecular weight excluding hydrogens is 512 g/mol. The maximum Gasteiger partial charge on any atom is 0.332 e. The fraction of sp³-hybridized carbons (Fsp3) is 0.515. The highest BCUT2D eigenvalue weighted by atomic mass is 19.1. The quantitative estimate of drug-likeness (QED) is 0.245. The van der Waals surface area contributed by atoms with Crippen molar-refractivity contribution in [1.82, 2.24) is 4.90 Å². The standard InChI is InChI=1S/C33H39F2NO4/c1-4-33(17-21(2)14-22(3)18-33)20-40-29-16-28(35)26(15-25(29)24-10-11-24)31(37)36-13-12-27(34)30(36)32(38)39-19-23-8-6-5-7-9-23/h5-9,15-16,22,24,27,30H,2,4,10-14,17-20H2,1,3H3/t22?,27-,30+,33?/m1/s1. The predicted molar refractivity (Wildman–Crippen MR) is 149 cm³/mol. The van der Waals surface area contributed by atoms with Crippen LogP contribution in [-0.4, -0.2) is 42.1 Å². The van der Waals surface area contributed by atoms with Crippen LogP contribution in [0.2, 0.25) is 0 Å². The van der Waals surface area contributed by atoms with Gasteiger partial charge in [0.15, 0.2) is 6.04 Å². The zero-order valence-electron chi connectivity index (χ0n) is 23.5. The number of halogens is 2. The second-order valence-corrected chi connectivity index (χ2v) is 12.1. The van der Waals surface area contributed by atoms with Gasteiger partial charge in [-0.1, -0.05) is 56.3 Å². The van der Waals surface area contributed by atoms with E-state index in [1.165, 1.54) is 11.6 Å². The van der Waals surface area contributed by atoms with Crippen molar-refractivity contribution in [3.8, 4) is 5.75 Å². The summed E-state index contributed by atoms with van der Waals surface area (Å²) < 4.78 is 42.1. The van der Waals surface area contributed by atoms with Gasteiger partial charge in [0.2, 0.25) is 0 Å². The number of hydrogen-bond donors (Lipinski definition) is 0. The van der Waals surface area contributed by atoms with Crippen LogP contribution in [0.15, 0.2) is 54.6 Å². The lowest BCUT2D eigenvalue weighted by Gasteiger charge is -2.40. The van der Waals surface area contributed by atoms with Crippen LogP contribution in [0.5, 0.6) is 5.75 Å². The molecule has 0 spiro atoms. The molecule has 214 valence electrons. The van der Waals surface area contributed by atoms with Gasteiger partial charge in [0.1, 0.15) is 24.3 Å².